The van der Waals surface area contributed by atoms with Gasteiger partial charge in [0.1, 0.15) is 11.4 Å². The predicted octanol–water partition coefficient (Wildman–Crippen LogP) is 2.37. The van der Waals surface area contributed by atoms with E-state index in [2.05, 4.69) is 23.7 Å². The SMILES string of the molecule is CC(C)[C@H]1CN(C(=O)c2ccc(O)cn2)CCCN1CC1CC1. The average Bonchev–Trinajstić information content (AvgIpc) is 3.34. The zero-order valence-electron chi connectivity index (χ0n) is 14.1. The monoisotopic (exact) mass is 317 g/mol. The van der Waals surface area contributed by atoms with E-state index in [1.807, 2.05) is 4.90 Å². The second-order valence-corrected chi connectivity index (χ2v) is 7.26. The van der Waals surface area contributed by atoms with E-state index in [1.54, 1.807) is 6.07 Å². The van der Waals surface area contributed by atoms with Crippen LogP contribution < -0.4 is 0 Å². The van der Waals surface area contributed by atoms with Gasteiger partial charge in [-0.15, -0.1) is 0 Å². The van der Waals surface area contributed by atoms with Crippen molar-refractivity contribution in [2.75, 3.05) is 26.2 Å². The first-order valence-electron chi connectivity index (χ1n) is 8.73. The van der Waals surface area contributed by atoms with Crippen molar-refractivity contribution in [2.24, 2.45) is 11.8 Å². The number of carbonyl (C=O) groups is 1. The summed E-state index contributed by atoms with van der Waals surface area (Å²) in [7, 11) is 0. The molecule has 0 bridgehead atoms. The molecule has 0 unspecified atom stereocenters. The molecule has 5 nitrogen and oxygen atoms in total. The summed E-state index contributed by atoms with van der Waals surface area (Å²) in [6, 6.07) is 3.55. The summed E-state index contributed by atoms with van der Waals surface area (Å²) in [6.45, 7) is 8.31. The molecular weight excluding hydrogens is 290 g/mol. The van der Waals surface area contributed by atoms with Gasteiger partial charge in [0.2, 0.25) is 0 Å². The Morgan fingerprint density at radius 2 is 2.13 bits per heavy atom. The van der Waals surface area contributed by atoms with E-state index in [-0.39, 0.29) is 11.7 Å². The van der Waals surface area contributed by atoms with Crippen molar-refractivity contribution >= 4 is 5.91 Å². The van der Waals surface area contributed by atoms with Gasteiger partial charge in [-0.25, -0.2) is 4.98 Å². The summed E-state index contributed by atoms with van der Waals surface area (Å²) >= 11 is 0. The lowest BCUT2D eigenvalue weighted by atomic mass is 10.0. The lowest BCUT2D eigenvalue weighted by Crippen LogP contribution is -2.46. The van der Waals surface area contributed by atoms with Gasteiger partial charge in [0.05, 0.1) is 6.20 Å². The van der Waals surface area contributed by atoms with Crippen molar-refractivity contribution in [3.8, 4) is 5.75 Å². The van der Waals surface area contributed by atoms with Crippen LogP contribution in [0.15, 0.2) is 18.3 Å². The van der Waals surface area contributed by atoms with E-state index in [0.29, 0.717) is 17.7 Å². The highest BCUT2D eigenvalue weighted by Gasteiger charge is 2.33. The number of amides is 1. The zero-order chi connectivity index (χ0) is 16.4. The molecule has 2 fully saturated rings. The molecule has 23 heavy (non-hydrogen) atoms. The second-order valence-electron chi connectivity index (χ2n) is 7.26. The van der Waals surface area contributed by atoms with Gasteiger partial charge >= 0.3 is 0 Å². The van der Waals surface area contributed by atoms with Gasteiger partial charge in [0.15, 0.2) is 0 Å². The fraction of sp³-hybridized carbons (Fsp3) is 0.667. The molecular formula is C18H27N3O2. The minimum Gasteiger partial charge on any atom is -0.506 e. The van der Waals surface area contributed by atoms with Crippen LogP contribution >= 0.6 is 0 Å². The molecule has 1 saturated carbocycles. The Hall–Kier alpha value is -1.62. The fourth-order valence-corrected chi connectivity index (χ4v) is 3.41. The summed E-state index contributed by atoms with van der Waals surface area (Å²) in [5, 5.41) is 9.34. The molecule has 126 valence electrons. The molecule has 1 aliphatic carbocycles. The van der Waals surface area contributed by atoms with Crippen molar-refractivity contribution in [1.29, 1.82) is 0 Å². The third-order valence-electron chi connectivity index (χ3n) is 4.96. The minimum absolute atomic E-state index is 0.0241. The summed E-state index contributed by atoms with van der Waals surface area (Å²) in [5.41, 5.74) is 0.418. The van der Waals surface area contributed by atoms with Crippen molar-refractivity contribution in [3.05, 3.63) is 24.0 Å². The van der Waals surface area contributed by atoms with E-state index in [0.717, 1.165) is 32.0 Å². The van der Waals surface area contributed by atoms with Crippen LogP contribution in [0.4, 0.5) is 0 Å². The van der Waals surface area contributed by atoms with Crippen molar-refractivity contribution < 1.29 is 9.90 Å². The lowest BCUT2D eigenvalue weighted by molar-refractivity contribution is 0.0698. The van der Waals surface area contributed by atoms with E-state index < -0.39 is 0 Å². The van der Waals surface area contributed by atoms with E-state index in [4.69, 9.17) is 0 Å². The van der Waals surface area contributed by atoms with Gasteiger partial charge in [0.25, 0.3) is 5.91 Å². The summed E-state index contributed by atoms with van der Waals surface area (Å²) < 4.78 is 0. The minimum atomic E-state index is -0.0241. The molecule has 1 aromatic rings. The van der Waals surface area contributed by atoms with Crippen LogP contribution in [0, 0.1) is 11.8 Å². The number of nitrogens with zero attached hydrogens (tertiary/aromatic N) is 3. The molecule has 0 aromatic carbocycles. The highest BCUT2D eigenvalue weighted by Crippen LogP contribution is 2.32. The number of aromatic hydroxyl groups is 1. The van der Waals surface area contributed by atoms with Crippen LogP contribution in [-0.4, -0.2) is 58.0 Å². The van der Waals surface area contributed by atoms with Gasteiger partial charge < -0.3 is 10.0 Å². The third kappa shape index (κ3) is 4.02. The maximum atomic E-state index is 12.7. The summed E-state index contributed by atoms with van der Waals surface area (Å²) in [5.74, 6) is 1.46. The van der Waals surface area contributed by atoms with E-state index >= 15 is 0 Å². The van der Waals surface area contributed by atoms with Gasteiger partial charge in [-0.3, -0.25) is 9.69 Å². The quantitative estimate of drug-likeness (QED) is 0.926. The molecule has 2 aliphatic rings. The predicted molar refractivity (Wildman–Crippen MR) is 89.3 cm³/mol. The summed E-state index contributed by atoms with van der Waals surface area (Å²) in [6.07, 6.45) is 5.08. The average molecular weight is 317 g/mol. The van der Waals surface area contributed by atoms with E-state index in [1.165, 1.54) is 31.6 Å². The smallest absolute Gasteiger partial charge is 0.272 e. The number of hydrogen-bond donors (Lipinski definition) is 1. The molecule has 1 amide bonds. The highest BCUT2D eigenvalue weighted by molar-refractivity contribution is 5.92. The molecule has 1 atom stereocenters. The number of pyridine rings is 1. The van der Waals surface area contributed by atoms with Gasteiger partial charge in [0, 0.05) is 32.2 Å². The Bertz CT molecular complexity index is 540. The number of hydrogen-bond acceptors (Lipinski definition) is 4. The Balaban J connectivity index is 1.72. The van der Waals surface area contributed by atoms with Crippen molar-refractivity contribution in [3.63, 3.8) is 0 Å². The molecule has 3 rings (SSSR count). The second kappa shape index (κ2) is 6.87. The first-order valence-corrected chi connectivity index (χ1v) is 8.73. The molecule has 0 spiro atoms. The van der Waals surface area contributed by atoms with Crippen LogP contribution in [0.1, 0.15) is 43.6 Å². The fourth-order valence-electron chi connectivity index (χ4n) is 3.41. The van der Waals surface area contributed by atoms with Crippen molar-refractivity contribution in [2.45, 2.75) is 39.2 Å². The molecule has 1 aliphatic heterocycles. The normalized spacial score (nSPS) is 23.1. The Labute approximate surface area is 138 Å². The van der Waals surface area contributed by atoms with Crippen LogP contribution in [-0.2, 0) is 0 Å². The number of rotatable bonds is 4. The zero-order valence-corrected chi connectivity index (χ0v) is 14.1. The lowest BCUT2D eigenvalue weighted by Gasteiger charge is -2.34. The third-order valence-corrected chi connectivity index (χ3v) is 4.96. The Morgan fingerprint density at radius 3 is 2.74 bits per heavy atom. The van der Waals surface area contributed by atoms with Gasteiger partial charge in [-0.1, -0.05) is 13.8 Å². The maximum absolute atomic E-state index is 12.7. The Kier molecular flexibility index (Phi) is 4.85. The largest absolute Gasteiger partial charge is 0.506 e. The molecule has 0 radical (unpaired) electrons. The number of aromatic nitrogens is 1. The number of carbonyl (C=O) groups excluding carboxylic acids is 1. The van der Waals surface area contributed by atoms with Crippen molar-refractivity contribution in [1.82, 2.24) is 14.8 Å². The molecule has 5 heteroatoms. The van der Waals surface area contributed by atoms with Gasteiger partial charge in [-0.05, 0) is 43.2 Å². The molecule has 1 N–H and O–H groups in total. The highest BCUT2D eigenvalue weighted by atomic mass is 16.3. The van der Waals surface area contributed by atoms with Crippen LogP contribution in [0.2, 0.25) is 0 Å². The van der Waals surface area contributed by atoms with Crippen LogP contribution in [0.3, 0.4) is 0 Å². The van der Waals surface area contributed by atoms with Crippen LogP contribution in [0.5, 0.6) is 5.75 Å². The Morgan fingerprint density at radius 1 is 1.35 bits per heavy atom. The topological polar surface area (TPSA) is 56.7 Å². The first-order chi connectivity index (χ1) is 11.0. The molecule has 1 aromatic heterocycles. The van der Waals surface area contributed by atoms with Crippen LogP contribution in [0.25, 0.3) is 0 Å². The molecule has 1 saturated heterocycles. The van der Waals surface area contributed by atoms with E-state index in [9.17, 15) is 9.90 Å². The maximum Gasteiger partial charge on any atom is 0.272 e. The summed E-state index contributed by atoms with van der Waals surface area (Å²) in [4.78, 5) is 21.4. The first kappa shape index (κ1) is 16.2. The standard InChI is InChI=1S/C18H27N3O2/c1-13(2)17-12-21(9-3-8-20(17)11-14-4-5-14)18(23)16-7-6-15(22)10-19-16/h6-7,10,13-14,17,22H,3-5,8-9,11-12H2,1-2H3/t17-/m1/s1. The van der Waals surface area contributed by atoms with Gasteiger partial charge in [-0.2, -0.15) is 0 Å². The molecule has 2 heterocycles.